The topological polar surface area (TPSA) is 82.6 Å². The summed E-state index contributed by atoms with van der Waals surface area (Å²) < 4.78 is 5.56. The fourth-order valence-electron chi connectivity index (χ4n) is 4.52. The number of benzene rings is 3. The Morgan fingerprint density at radius 1 is 1.03 bits per heavy atom. The number of nitrogens with zero attached hydrogens (tertiary/aromatic N) is 1. The van der Waals surface area contributed by atoms with E-state index in [2.05, 4.69) is 4.98 Å². The molecule has 1 fully saturated rings. The number of carbonyl (C=O) groups excluding carboxylic acids is 2. The van der Waals surface area contributed by atoms with Gasteiger partial charge in [-0.3, -0.25) is 14.5 Å². The first-order chi connectivity index (χ1) is 16.5. The van der Waals surface area contributed by atoms with Gasteiger partial charge in [0.05, 0.1) is 18.2 Å². The molecule has 2 N–H and O–H groups in total. The third kappa shape index (κ3) is 3.53. The highest BCUT2D eigenvalue weighted by Gasteiger charge is 2.47. The van der Waals surface area contributed by atoms with Gasteiger partial charge in [0.1, 0.15) is 11.5 Å². The number of ether oxygens (including phenoxy) is 1. The van der Waals surface area contributed by atoms with Gasteiger partial charge in [-0.25, -0.2) is 0 Å². The largest absolute Gasteiger partial charge is 0.507 e. The maximum atomic E-state index is 13.4. The minimum atomic E-state index is -0.786. The first kappa shape index (κ1) is 21.5. The van der Waals surface area contributed by atoms with Crippen molar-refractivity contribution in [2.75, 3.05) is 11.5 Å². The normalized spacial score (nSPS) is 17.5. The van der Waals surface area contributed by atoms with Crippen LogP contribution in [-0.4, -0.2) is 28.4 Å². The van der Waals surface area contributed by atoms with Crippen LogP contribution in [0.5, 0.6) is 5.75 Å². The van der Waals surface area contributed by atoms with Crippen molar-refractivity contribution in [2.45, 2.75) is 19.9 Å². The van der Waals surface area contributed by atoms with Crippen LogP contribution in [0, 0.1) is 6.92 Å². The van der Waals surface area contributed by atoms with Crippen molar-refractivity contribution in [1.29, 1.82) is 0 Å². The molecule has 2 heterocycles. The molecule has 5 rings (SSSR count). The molecule has 0 saturated carbocycles. The lowest BCUT2D eigenvalue weighted by Crippen LogP contribution is -2.29. The zero-order valence-electron chi connectivity index (χ0n) is 18.9. The fraction of sp³-hybridized carbons (Fsp3) is 0.143. The molecule has 1 atom stereocenters. The summed E-state index contributed by atoms with van der Waals surface area (Å²) >= 11 is 0. The van der Waals surface area contributed by atoms with E-state index in [1.54, 1.807) is 24.4 Å². The lowest BCUT2D eigenvalue weighted by Gasteiger charge is -2.26. The Morgan fingerprint density at radius 3 is 2.53 bits per heavy atom. The van der Waals surface area contributed by atoms with Crippen molar-refractivity contribution in [3.8, 4) is 5.75 Å². The Kier molecular flexibility index (Phi) is 5.42. The summed E-state index contributed by atoms with van der Waals surface area (Å²) in [6.07, 6.45) is 1.66. The second-order valence-corrected chi connectivity index (χ2v) is 8.26. The number of nitrogens with one attached hydrogen (secondary N) is 1. The fourth-order valence-corrected chi connectivity index (χ4v) is 4.52. The molecule has 1 saturated heterocycles. The van der Waals surface area contributed by atoms with Crippen LogP contribution >= 0.6 is 0 Å². The second-order valence-electron chi connectivity index (χ2n) is 8.26. The number of para-hydroxylation sites is 1. The average molecular weight is 453 g/mol. The minimum absolute atomic E-state index is 0.0559. The van der Waals surface area contributed by atoms with E-state index in [4.69, 9.17) is 4.74 Å². The molecule has 3 aromatic carbocycles. The van der Waals surface area contributed by atoms with E-state index >= 15 is 0 Å². The number of fused-ring (bicyclic) bond motifs is 1. The number of Topliss-reactive ketones (excluding diaryl/α,β-unsaturated/α-hetero) is 1. The zero-order valence-corrected chi connectivity index (χ0v) is 18.9. The summed E-state index contributed by atoms with van der Waals surface area (Å²) in [6.45, 7) is 4.36. The molecule has 34 heavy (non-hydrogen) atoms. The molecule has 1 aromatic heterocycles. The quantitative estimate of drug-likeness (QED) is 0.238. The summed E-state index contributed by atoms with van der Waals surface area (Å²) in [7, 11) is 0. The van der Waals surface area contributed by atoms with Gasteiger partial charge in [0.25, 0.3) is 11.7 Å². The van der Waals surface area contributed by atoms with Gasteiger partial charge in [-0.15, -0.1) is 0 Å². The van der Waals surface area contributed by atoms with Gasteiger partial charge in [0.2, 0.25) is 0 Å². The number of aliphatic hydroxyl groups is 1. The van der Waals surface area contributed by atoms with Gasteiger partial charge < -0.3 is 14.8 Å². The molecule has 0 aliphatic carbocycles. The highest BCUT2D eigenvalue weighted by molar-refractivity contribution is 6.51. The Hall–Kier alpha value is -4.32. The van der Waals surface area contributed by atoms with Crippen molar-refractivity contribution in [3.05, 3.63) is 101 Å². The molecule has 1 amide bonds. The van der Waals surface area contributed by atoms with E-state index in [0.717, 1.165) is 16.5 Å². The lowest BCUT2D eigenvalue weighted by atomic mass is 9.95. The third-order valence-corrected chi connectivity index (χ3v) is 6.08. The van der Waals surface area contributed by atoms with Crippen LogP contribution in [-0.2, 0) is 9.59 Å². The van der Waals surface area contributed by atoms with E-state index in [0.29, 0.717) is 29.2 Å². The van der Waals surface area contributed by atoms with Crippen LogP contribution in [0.1, 0.15) is 29.7 Å². The van der Waals surface area contributed by atoms with Crippen molar-refractivity contribution < 1.29 is 19.4 Å². The summed E-state index contributed by atoms with van der Waals surface area (Å²) in [6, 6.07) is 21.4. The third-order valence-electron chi connectivity index (χ3n) is 6.08. The molecular weight excluding hydrogens is 428 g/mol. The SMILES string of the molecule is CCOc1ccc(C2/C(=C(/O)c3c[nH]c4ccccc34)C(=O)C(=O)N2c2cccc(C)c2)cc1. The molecule has 1 unspecified atom stereocenters. The van der Waals surface area contributed by atoms with Gasteiger partial charge in [-0.05, 0) is 55.3 Å². The first-order valence-corrected chi connectivity index (χ1v) is 11.2. The summed E-state index contributed by atoms with van der Waals surface area (Å²) in [4.78, 5) is 31.3. The van der Waals surface area contributed by atoms with Gasteiger partial charge in [-0.1, -0.05) is 42.5 Å². The number of carbonyl (C=O) groups is 2. The van der Waals surface area contributed by atoms with Crippen molar-refractivity contribution in [3.63, 3.8) is 0 Å². The summed E-state index contributed by atoms with van der Waals surface area (Å²) in [5, 5.41) is 12.2. The molecular formula is C28H24N2O4. The van der Waals surface area contributed by atoms with Gasteiger partial charge in [0.15, 0.2) is 0 Å². The number of aliphatic hydroxyl groups excluding tert-OH is 1. The van der Waals surface area contributed by atoms with Crippen molar-refractivity contribution >= 4 is 34.0 Å². The van der Waals surface area contributed by atoms with Gasteiger partial charge in [-0.2, -0.15) is 0 Å². The van der Waals surface area contributed by atoms with Gasteiger partial charge >= 0.3 is 0 Å². The van der Waals surface area contributed by atoms with Crippen molar-refractivity contribution in [1.82, 2.24) is 4.98 Å². The number of aromatic amines is 1. The Morgan fingerprint density at radius 2 is 1.79 bits per heavy atom. The predicted molar refractivity (Wildman–Crippen MR) is 132 cm³/mol. The highest BCUT2D eigenvalue weighted by atomic mass is 16.5. The maximum absolute atomic E-state index is 13.4. The highest BCUT2D eigenvalue weighted by Crippen LogP contribution is 2.43. The van der Waals surface area contributed by atoms with E-state index in [9.17, 15) is 14.7 Å². The van der Waals surface area contributed by atoms with Crippen LogP contribution in [0.2, 0.25) is 0 Å². The van der Waals surface area contributed by atoms with E-state index in [1.807, 2.05) is 68.4 Å². The Labute approximate surface area is 197 Å². The lowest BCUT2D eigenvalue weighted by molar-refractivity contribution is -0.132. The maximum Gasteiger partial charge on any atom is 0.300 e. The second kappa shape index (κ2) is 8.56. The Balaban J connectivity index is 1.72. The monoisotopic (exact) mass is 452 g/mol. The molecule has 0 spiro atoms. The minimum Gasteiger partial charge on any atom is -0.507 e. The van der Waals surface area contributed by atoms with Crippen LogP contribution in [0.25, 0.3) is 16.7 Å². The van der Waals surface area contributed by atoms with E-state index in [1.165, 1.54) is 4.90 Å². The van der Waals surface area contributed by atoms with E-state index < -0.39 is 17.7 Å². The number of amides is 1. The zero-order chi connectivity index (χ0) is 23.8. The smallest absolute Gasteiger partial charge is 0.300 e. The molecule has 1 aliphatic rings. The molecule has 1 aliphatic heterocycles. The standard InChI is InChI=1S/C28H24N2O4/c1-3-34-20-13-11-18(12-14-20)25-24(26(31)22-16-29-23-10-5-4-9-21(22)23)27(32)28(33)30(25)19-8-6-7-17(2)15-19/h4-16,25,29,31H,3H2,1-2H3/b26-24-. The van der Waals surface area contributed by atoms with Crippen LogP contribution in [0.4, 0.5) is 5.69 Å². The number of hydrogen-bond acceptors (Lipinski definition) is 4. The predicted octanol–water partition coefficient (Wildman–Crippen LogP) is 5.50. The summed E-state index contributed by atoms with van der Waals surface area (Å²) in [5.74, 6) is -0.908. The van der Waals surface area contributed by atoms with Crippen LogP contribution in [0.15, 0.2) is 84.6 Å². The van der Waals surface area contributed by atoms with Gasteiger partial charge in [0, 0.05) is 28.4 Å². The number of anilines is 1. The first-order valence-electron chi connectivity index (χ1n) is 11.2. The van der Waals surface area contributed by atoms with Crippen LogP contribution < -0.4 is 9.64 Å². The van der Waals surface area contributed by atoms with E-state index in [-0.39, 0.29) is 11.3 Å². The number of H-pyrrole nitrogens is 1. The molecule has 6 heteroatoms. The molecule has 6 nitrogen and oxygen atoms in total. The van der Waals surface area contributed by atoms with Crippen molar-refractivity contribution in [2.24, 2.45) is 0 Å². The number of aryl methyl sites for hydroxylation is 1. The summed E-state index contributed by atoms with van der Waals surface area (Å²) in [5.41, 5.74) is 3.62. The number of ketones is 1. The number of hydrogen-bond donors (Lipinski definition) is 2. The number of aromatic nitrogens is 1. The Bertz CT molecular complexity index is 1430. The molecule has 0 bridgehead atoms. The molecule has 4 aromatic rings. The number of rotatable bonds is 5. The average Bonchev–Trinajstić information content (AvgIpc) is 3.39. The molecule has 170 valence electrons. The molecule has 0 radical (unpaired) electrons. The van der Waals surface area contributed by atoms with Crippen LogP contribution in [0.3, 0.4) is 0 Å².